The van der Waals surface area contributed by atoms with E-state index in [4.69, 9.17) is 0 Å². The molecular formula is C14H16FNO3S. The Kier molecular flexibility index (Phi) is 3.08. The zero-order chi connectivity index (χ0) is 14.4. The monoisotopic (exact) mass is 297 g/mol. The van der Waals surface area contributed by atoms with Crippen LogP contribution >= 0.6 is 0 Å². The van der Waals surface area contributed by atoms with Crippen molar-refractivity contribution in [3.8, 4) is 0 Å². The molecule has 1 saturated heterocycles. The average Bonchev–Trinajstić information content (AvgIpc) is 3.08. The van der Waals surface area contributed by atoms with Crippen molar-refractivity contribution >= 4 is 16.1 Å². The van der Waals surface area contributed by atoms with Crippen LogP contribution in [0.3, 0.4) is 0 Å². The molecule has 1 heterocycles. The summed E-state index contributed by atoms with van der Waals surface area (Å²) in [6.07, 6.45) is 1.73. The summed E-state index contributed by atoms with van der Waals surface area (Å²) in [5.41, 5.74) is 1.10. The number of hydrogen-bond acceptors (Lipinski definition) is 3. The van der Waals surface area contributed by atoms with E-state index >= 15 is 0 Å². The maximum atomic E-state index is 13.0. The first-order valence-electron chi connectivity index (χ1n) is 6.67. The molecule has 1 unspecified atom stereocenters. The second-order valence-electron chi connectivity index (χ2n) is 5.72. The van der Waals surface area contributed by atoms with E-state index in [0.29, 0.717) is 6.54 Å². The molecule has 2 aliphatic rings. The van der Waals surface area contributed by atoms with Gasteiger partial charge in [-0.25, -0.2) is 0 Å². The molecule has 1 amide bonds. The number of carbonyl (C=O) groups is 1. The molecule has 1 aromatic rings. The molecule has 0 spiro atoms. The van der Waals surface area contributed by atoms with Crippen LogP contribution in [0.5, 0.6) is 0 Å². The largest absolute Gasteiger partial charge is 0.340 e. The molecule has 1 aliphatic carbocycles. The first kappa shape index (κ1) is 13.5. The molecule has 4 nitrogen and oxygen atoms in total. The zero-order valence-corrected chi connectivity index (χ0v) is 11.8. The summed E-state index contributed by atoms with van der Waals surface area (Å²) in [5, 5.41) is -1.19. The number of rotatable bonds is 4. The van der Waals surface area contributed by atoms with Crippen molar-refractivity contribution in [3.63, 3.8) is 0 Å². The lowest BCUT2D eigenvalue weighted by molar-refractivity contribution is -0.128. The SMILES string of the molecule is O=C1CC(S(=O)(=O)F)CN1CC1(c2ccccc2)CC1. The van der Waals surface area contributed by atoms with Crippen LogP contribution in [0.25, 0.3) is 0 Å². The van der Waals surface area contributed by atoms with Crippen LogP contribution in [0.15, 0.2) is 30.3 Å². The molecule has 1 aromatic carbocycles. The third-order valence-electron chi connectivity index (χ3n) is 4.31. The van der Waals surface area contributed by atoms with E-state index in [-0.39, 0.29) is 24.3 Å². The topological polar surface area (TPSA) is 54.5 Å². The van der Waals surface area contributed by atoms with Gasteiger partial charge in [0.15, 0.2) is 0 Å². The molecule has 0 aromatic heterocycles. The number of amides is 1. The maximum absolute atomic E-state index is 13.0. The van der Waals surface area contributed by atoms with Gasteiger partial charge in [0.1, 0.15) is 5.25 Å². The number of carbonyl (C=O) groups excluding carboxylic acids is 1. The summed E-state index contributed by atoms with van der Waals surface area (Å²) in [5.74, 6) is -0.265. The molecule has 1 aliphatic heterocycles. The van der Waals surface area contributed by atoms with Gasteiger partial charge in [0.05, 0.1) is 0 Å². The molecule has 6 heteroatoms. The maximum Gasteiger partial charge on any atom is 0.307 e. The average molecular weight is 297 g/mol. The van der Waals surface area contributed by atoms with Crippen molar-refractivity contribution in [3.05, 3.63) is 35.9 Å². The quantitative estimate of drug-likeness (QED) is 0.794. The van der Waals surface area contributed by atoms with Crippen molar-refractivity contribution in [2.45, 2.75) is 29.9 Å². The third kappa shape index (κ3) is 2.44. The van der Waals surface area contributed by atoms with Gasteiger partial charge in [-0.05, 0) is 18.4 Å². The van der Waals surface area contributed by atoms with Gasteiger partial charge >= 0.3 is 10.2 Å². The van der Waals surface area contributed by atoms with Gasteiger partial charge in [-0.1, -0.05) is 30.3 Å². The van der Waals surface area contributed by atoms with Crippen molar-refractivity contribution < 1.29 is 17.1 Å². The van der Waals surface area contributed by atoms with Gasteiger partial charge in [-0.3, -0.25) is 4.79 Å². The highest BCUT2D eigenvalue weighted by molar-refractivity contribution is 7.87. The summed E-state index contributed by atoms with van der Waals surface area (Å²) in [7, 11) is -4.63. The second kappa shape index (κ2) is 4.55. The second-order valence-corrected chi connectivity index (χ2v) is 7.34. The van der Waals surface area contributed by atoms with Gasteiger partial charge in [0, 0.05) is 24.9 Å². The summed E-state index contributed by atoms with van der Waals surface area (Å²) >= 11 is 0. The third-order valence-corrected chi connectivity index (χ3v) is 5.42. The standard InChI is InChI=1S/C14H16FNO3S/c15-20(18,19)12-8-13(17)16(9-12)10-14(6-7-14)11-4-2-1-3-5-11/h1-5,12H,6-10H2. The van der Waals surface area contributed by atoms with E-state index in [1.54, 1.807) is 0 Å². The summed E-state index contributed by atoms with van der Waals surface area (Å²) < 4.78 is 34.9. The van der Waals surface area contributed by atoms with E-state index in [1.807, 2.05) is 30.3 Å². The smallest absolute Gasteiger partial charge is 0.307 e. The Labute approximate surface area is 117 Å². The normalized spacial score (nSPS) is 24.9. The zero-order valence-electron chi connectivity index (χ0n) is 11.0. The highest BCUT2D eigenvalue weighted by Crippen LogP contribution is 2.49. The summed E-state index contributed by atoms with van der Waals surface area (Å²) in [4.78, 5) is 13.4. The first-order valence-corrected chi connectivity index (χ1v) is 8.12. The predicted molar refractivity (Wildman–Crippen MR) is 72.4 cm³/mol. The number of halogens is 1. The molecule has 2 fully saturated rings. The van der Waals surface area contributed by atoms with Crippen molar-refractivity contribution in [1.82, 2.24) is 4.90 Å². The summed E-state index contributed by atoms with van der Waals surface area (Å²) in [6.45, 7) is 0.466. The fourth-order valence-corrected chi connectivity index (χ4v) is 3.62. The molecule has 20 heavy (non-hydrogen) atoms. The lowest BCUT2D eigenvalue weighted by Gasteiger charge is -2.24. The Hall–Kier alpha value is -1.43. The first-order chi connectivity index (χ1) is 9.41. The van der Waals surface area contributed by atoms with E-state index in [9.17, 15) is 17.1 Å². The van der Waals surface area contributed by atoms with Crippen LogP contribution in [0.1, 0.15) is 24.8 Å². The molecule has 3 rings (SSSR count). The van der Waals surface area contributed by atoms with Crippen LogP contribution in [0, 0.1) is 0 Å². The van der Waals surface area contributed by atoms with Crippen LogP contribution in [-0.2, 0) is 20.4 Å². The Morgan fingerprint density at radius 2 is 1.90 bits per heavy atom. The predicted octanol–water partition coefficient (Wildman–Crippen LogP) is 1.62. The number of nitrogens with zero attached hydrogens (tertiary/aromatic N) is 1. The van der Waals surface area contributed by atoms with E-state index in [2.05, 4.69) is 0 Å². The molecule has 108 valence electrons. The van der Waals surface area contributed by atoms with Crippen LogP contribution in [-0.4, -0.2) is 37.6 Å². The fraction of sp³-hybridized carbons (Fsp3) is 0.500. The minimum absolute atomic E-state index is 0.0216. The van der Waals surface area contributed by atoms with Crippen LogP contribution < -0.4 is 0 Å². The van der Waals surface area contributed by atoms with Gasteiger partial charge in [-0.2, -0.15) is 8.42 Å². The molecule has 0 radical (unpaired) electrons. The molecule has 1 atom stereocenters. The van der Waals surface area contributed by atoms with Gasteiger partial charge in [0.2, 0.25) is 5.91 Å². The van der Waals surface area contributed by atoms with Gasteiger partial charge < -0.3 is 4.90 Å². The van der Waals surface area contributed by atoms with Crippen molar-refractivity contribution in [2.24, 2.45) is 0 Å². The number of benzene rings is 1. The Balaban J connectivity index is 1.75. The van der Waals surface area contributed by atoms with Crippen molar-refractivity contribution in [1.29, 1.82) is 0 Å². The van der Waals surface area contributed by atoms with E-state index in [1.165, 1.54) is 10.5 Å². The minimum Gasteiger partial charge on any atom is -0.340 e. The number of likely N-dealkylation sites (tertiary alicyclic amines) is 1. The highest BCUT2D eigenvalue weighted by atomic mass is 32.3. The van der Waals surface area contributed by atoms with E-state index in [0.717, 1.165) is 12.8 Å². The van der Waals surface area contributed by atoms with Gasteiger partial charge in [0.25, 0.3) is 0 Å². The Morgan fingerprint density at radius 1 is 1.25 bits per heavy atom. The fourth-order valence-electron chi connectivity index (χ4n) is 2.92. The van der Waals surface area contributed by atoms with Gasteiger partial charge in [-0.15, -0.1) is 3.89 Å². The Morgan fingerprint density at radius 3 is 2.40 bits per heavy atom. The highest BCUT2D eigenvalue weighted by Gasteiger charge is 2.49. The lowest BCUT2D eigenvalue weighted by Crippen LogP contribution is -2.34. The summed E-state index contributed by atoms with van der Waals surface area (Å²) in [6, 6.07) is 9.90. The lowest BCUT2D eigenvalue weighted by atomic mass is 9.95. The van der Waals surface area contributed by atoms with Crippen LogP contribution in [0.2, 0.25) is 0 Å². The Bertz CT molecular complexity index is 625. The minimum atomic E-state index is -4.63. The number of hydrogen-bond donors (Lipinski definition) is 0. The molecule has 0 N–H and O–H groups in total. The van der Waals surface area contributed by atoms with Crippen LogP contribution in [0.4, 0.5) is 3.89 Å². The molecule has 0 bridgehead atoms. The van der Waals surface area contributed by atoms with Crippen molar-refractivity contribution in [2.75, 3.05) is 13.1 Å². The molecule has 1 saturated carbocycles. The molecular weight excluding hydrogens is 281 g/mol. The van der Waals surface area contributed by atoms with E-state index < -0.39 is 15.5 Å².